The second kappa shape index (κ2) is 9.57. The van der Waals surface area contributed by atoms with Crippen molar-refractivity contribution in [2.75, 3.05) is 0 Å². The number of hydrogen-bond donors (Lipinski definition) is 0. The highest BCUT2D eigenvalue weighted by atomic mass is 28.3. The molecule has 0 atom stereocenters. The van der Waals surface area contributed by atoms with Crippen LogP contribution in [0.25, 0.3) is 0 Å². The Morgan fingerprint density at radius 2 is 1.40 bits per heavy atom. The van der Waals surface area contributed by atoms with Gasteiger partial charge in [-0.1, -0.05) is 76.5 Å². The van der Waals surface area contributed by atoms with Crippen molar-refractivity contribution in [3.63, 3.8) is 0 Å². The molecule has 0 aromatic rings. The number of allylic oxidation sites excluding steroid dienone is 3. The number of hydrogen-bond acceptors (Lipinski definition) is 2. The molecule has 0 unspecified atom stereocenters. The summed E-state index contributed by atoms with van der Waals surface area (Å²) in [6, 6.07) is 0. The van der Waals surface area contributed by atoms with E-state index in [0.29, 0.717) is 0 Å². The lowest BCUT2D eigenvalue weighted by Gasteiger charge is -2.32. The molecule has 0 aliphatic carbocycles. The van der Waals surface area contributed by atoms with Gasteiger partial charge in [-0.25, -0.2) is 0 Å². The zero-order valence-electron chi connectivity index (χ0n) is 18.1. The molecule has 1 fully saturated rings. The van der Waals surface area contributed by atoms with E-state index in [1.165, 1.54) is 44.0 Å². The van der Waals surface area contributed by atoms with Gasteiger partial charge in [0, 0.05) is 0 Å². The normalized spacial score (nSPS) is 20.6. The summed E-state index contributed by atoms with van der Waals surface area (Å²) < 4.78 is 12.6. The predicted molar refractivity (Wildman–Crippen MR) is 115 cm³/mol. The summed E-state index contributed by atoms with van der Waals surface area (Å²) in [4.78, 5) is 0. The molecule has 2 nitrogen and oxygen atoms in total. The molecule has 0 amide bonds. The Hall–Kier alpha value is -0.318. The molecule has 0 aromatic carbocycles. The Kier molecular flexibility index (Phi) is 8.70. The van der Waals surface area contributed by atoms with Crippen LogP contribution in [0.4, 0.5) is 0 Å². The third kappa shape index (κ3) is 7.84. The Balaban J connectivity index is 2.65. The number of rotatable bonds is 10. The van der Waals surface area contributed by atoms with Gasteiger partial charge in [-0.3, -0.25) is 0 Å². The van der Waals surface area contributed by atoms with E-state index in [4.69, 9.17) is 9.31 Å². The van der Waals surface area contributed by atoms with Crippen molar-refractivity contribution in [2.24, 2.45) is 0 Å². The molecule has 0 N–H and O–H groups in total. The molecule has 0 spiro atoms. The van der Waals surface area contributed by atoms with Gasteiger partial charge < -0.3 is 9.31 Å². The summed E-state index contributed by atoms with van der Waals surface area (Å²) >= 11 is 0. The summed E-state index contributed by atoms with van der Waals surface area (Å²) in [5, 5.41) is 0. The zero-order valence-corrected chi connectivity index (χ0v) is 19.1. The lowest BCUT2D eigenvalue weighted by atomic mass is 9.79. The maximum Gasteiger partial charge on any atom is 0.494 e. The Labute approximate surface area is 158 Å². The average molecular weight is 364 g/mol. The molecule has 0 radical (unpaired) electrons. The first-order valence-corrected chi connectivity index (χ1v) is 13.8. The van der Waals surface area contributed by atoms with Crippen molar-refractivity contribution in [1.29, 1.82) is 0 Å². The predicted octanol–water partition coefficient (Wildman–Crippen LogP) is 6.73. The second-order valence-electron chi connectivity index (χ2n) is 9.56. The second-order valence-corrected chi connectivity index (χ2v) is 14.6. The Bertz CT molecular complexity index is 445. The van der Waals surface area contributed by atoms with E-state index in [9.17, 15) is 0 Å². The van der Waals surface area contributed by atoms with E-state index in [1.807, 2.05) is 0 Å². The Morgan fingerprint density at radius 1 is 0.880 bits per heavy atom. The summed E-state index contributed by atoms with van der Waals surface area (Å²) in [7, 11) is -1.58. The van der Waals surface area contributed by atoms with E-state index >= 15 is 0 Å². The molecule has 25 heavy (non-hydrogen) atoms. The van der Waals surface area contributed by atoms with Gasteiger partial charge >= 0.3 is 7.12 Å². The molecule has 1 aliphatic rings. The molecule has 0 aromatic heterocycles. The summed E-state index contributed by atoms with van der Waals surface area (Å²) in [5.41, 5.74) is 3.09. The molecule has 1 rings (SSSR count). The monoisotopic (exact) mass is 364 g/mol. The van der Waals surface area contributed by atoms with Gasteiger partial charge in [-0.2, -0.15) is 0 Å². The lowest BCUT2D eigenvalue weighted by molar-refractivity contribution is 0.00578. The van der Waals surface area contributed by atoms with Crippen LogP contribution in [0.15, 0.2) is 23.3 Å². The largest absolute Gasteiger partial charge is 0.494 e. The molecule has 1 saturated heterocycles. The van der Waals surface area contributed by atoms with Crippen LogP contribution in [0.1, 0.15) is 79.6 Å². The van der Waals surface area contributed by atoms with Gasteiger partial charge in [-0.05, 0) is 46.0 Å². The van der Waals surface area contributed by atoms with Gasteiger partial charge in [0.15, 0.2) is 0 Å². The SMILES string of the molecule is CCCCCCCC/C=C/C(=C/[Si](C)(C)C)B1OC(C)(C)C(C)(C)O1. The fraction of sp³-hybridized carbons (Fsp3) is 0.810. The van der Waals surface area contributed by atoms with Crippen molar-refractivity contribution in [3.8, 4) is 0 Å². The topological polar surface area (TPSA) is 18.5 Å². The molecule has 1 aliphatic heterocycles. The standard InChI is InChI=1S/C21H41BO2Si/c1-9-10-11-12-13-14-15-16-17-19(18-25(6,7)8)22-23-20(2,3)21(4,5)24-22/h16-18H,9-15H2,1-8H3/b17-16+,19-18-. The minimum Gasteiger partial charge on any atom is -0.399 e. The minimum absolute atomic E-state index is 0.238. The molecular weight excluding hydrogens is 323 g/mol. The van der Waals surface area contributed by atoms with Crippen molar-refractivity contribution in [2.45, 2.75) is 110 Å². The fourth-order valence-corrected chi connectivity index (χ4v) is 4.17. The van der Waals surface area contributed by atoms with E-state index in [1.54, 1.807) is 0 Å². The number of unbranched alkanes of at least 4 members (excludes halogenated alkanes) is 6. The van der Waals surface area contributed by atoms with Gasteiger partial charge in [0.25, 0.3) is 0 Å². The van der Waals surface area contributed by atoms with Gasteiger partial charge in [-0.15, -0.1) is 0 Å². The fourth-order valence-electron chi connectivity index (χ4n) is 2.94. The average Bonchev–Trinajstić information content (AvgIpc) is 2.68. The van der Waals surface area contributed by atoms with Crippen LogP contribution in [-0.2, 0) is 9.31 Å². The maximum atomic E-state index is 6.28. The highest BCUT2D eigenvalue weighted by Crippen LogP contribution is 2.39. The van der Waals surface area contributed by atoms with Crippen LogP contribution in [0.5, 0.6) is 0 Å². The van der Waals surface area contributed by atoms with E-state index in [-0.39, 0.29) is 18.3 Å². The van der Waals surface area contributed by atoms with Crippen LogP contribution in [0.2, 0.25) is 19.6 Å². The van der Waals surface area contributed by atoms with E-state index < -0.39 is 8.07 Å². The molecule has 0 saturated carbocycles. The highest BCUT2D eigenvalue weighted by Gasteiger charge is 2.52. The molecular formula is C21H41BO2Si. The smallest absolute Gasteiger partial charge is 0.399 e. The Morgan fingerprint density at radius 3 is 1.92 bits per heavy atom. The van der Waals surface area contributed by atoms with Crippen molar-refractivity contribution in [3.05, 3.63) is 23.3 Å². The maximum absolute atomic E-state index is 6.28. The molecule has 4 heteroatoms. The van der Waals surface area contributed by atoms with Crippen LogP contribution in [-0.4, -0.2) is 26.4 Å². The van der Waals surface area contributed by atoms with E-state index in [2.05, 4.69) is 72.1 Å². The first-order valence-electron chi connectivity index (χ1n) is 10.2. The van der Waals surface area contributed by atoms with Crippen molar-refractivity contribution < 1.29 is 9.31 Å². The summed E-state index contributed by atoms with van der Waals surface area (Å²) in [6.07, 6.45) is 13.8. The van der Waals surface area contributed by atoms with Crippen LogP contribution < -0.4 is 0 Å². The minimum atomic E-state index is -1.34. The third-order valence-corrected chi connectivity index (χ3v) is 6.36. The molecule has 144 valence electrons. The van der Waals surface area contributed by atoms with Crippen LogP contribution in [0, 0.1) is 0 Å². The highest BCUT2D eigenvalue weighted by molar-refractivity contribution is 6.82. The summed E-state index contributed by atoms with van der Waals surface area (Å²) in [6.45, 7) is 17.8. The van der Waals surface area contributed by atoms with Crippen molar-refractivity contribution in [1.82, 2.24) is 0 Å². The van der Waals surface area contributed by atoms with E-state index in [0.717, 1.165) is 6.42 Å². The van der Waals surface area contributed by atoms with Gasteiger partial charge in [0.1, 0.15) is 0 Å². The lowest BCUT2D eigenvalue weighted by Crippen LogP contribution is -2.41. The summed E-state index contributed by atoms with van der Waals surface area (Å²) in [5.74, 6) is 0. The van der Waals surface area contributed by atoms with Gasteiger partial charge in [0.2, 0.25) is 0 Å². The quantitative estimate of drug-likeness (QED) is 0.243. The molecule has 0 bridgehead atoms. The molecule has 1 heterocycles. The first kappa shape index (κ1) is 22.7. The third-order valence-electron chi connectivity index (χ3n) is 5.16. The van der Waals surface area contributed by atoms with Crippen LogP contribution >= 0.6 is 0 Å². The van der Waals surface area contributed by atoms with Gasteiger partial charge in [0.05, 0.1) is 19.3 Å². The van der Waals surface area contributed by atoms with Crippen LogP contribution in [0.3, 0.4) is 0 Å². The zero-order chi connectivity index (χ0) is 19.1. The first-order chi connectivity index (χ1) is 11.5. The van der Waals surface area contributed by atoms with Crippen molar-refractivity contribution >= 4 is 15.2 Å².